The highest BCUT2D eigenvalue weighted by Crippen LogP contribution is 2.23. The van der Waals surface area contributed by atoms with Crippen molar-refractivity contribution in [3.63, 3.8) is 0 Å². The van der Waals surface area contributed by atoms with Crippen LogP contribution in [-0.4, -0.2) is 24.0 Å². The van der Waals surface area contributed by atoms with E-state index in [0.29, 0.717) is 5.02 Å². The summed E-state index contributed by atoms with van der Waals surface area (Å²) >= 11 is 5.99. The van der Waals surface area contributed by atoms with E-state index in [2.05, 4.69) is 5.32 Å². The van der Waals surface area contributed by atoms with Gasteiger partial charge in [-0.3, -0.25) is 0 Å². The van der Waals surface area contributed by atoms with E-state index in [-0.39, 0.29) is 6.03 Å². The molecule has 0 bridgehead atoms. The van der Waals surface area contributed by atoms with Crippen LogP contribution in [0.15, 0.2) is 24.3 Å². The monoisotopic (exact) mass is 266 g/mol. The van der Waals surface area contributed by atoms with Crippen LogP contribution >= 0.6 is 11.6 Å². The van der Waals surface area contributed by atoms with Crippen molar-refractivity contribution in [2.45, 2.75) is 32.2 Å². The van der Waals surface area contributed by atoms with E-state index < -0.39 is 5.54 Å². The van der Waals surface area contributed by atoms with Gasteiger partial charge in [0, 0.05) is 18.1 Å². The lowest BCUT2D eigenvalue weighted by atomic mass is 9.94. The molecule has 0 radical (unpaired) electrons. The number of hydrogen-bond acceptors (Lipinski definition) is 1. The second kappa shape index (κ2) is 5.19. The maximum atomic E-state index is 12.1. The Morgan fingerprint density at radius 3 is 2.61 bits per heavy atom. The average molecular weight is 267 g/mol. The third kappa shape index (κ3) is 2.96. The molecular formula is C14H19ClN2O. The molecule has 0 unspecified atom stereocenters. The predicted octanol–water partition coefficient (Wildman–Crippen LogP) is 3.38. The van der Waals surface area contributed by atoms with E-state index in [0.717, 1.165) is 31.5 Å². The van der Waals surface area contributed by atoms with Crippen LogP contribution in [0.1, 0.15) is 32.3 Å². The van der Waals surface area contributed by atoms with E-state index in [1.165, 1.54) is 0 Å². The number of nitrogens with zero attached hydrogens (tertiary/aromatic N) is 1. The van der Waals surface area contributed by atoms with Gasteiger partial charge >= 0.3 is 6.03 Å². The highest BCUT2D eigenvalue weighted by molar-refractivity contribution is 6.30. The molecular weight excluding hydrogens is 248 g/mol. The zero-order chi connectivity index (χ0) is 13.2. The van der Waals surface area contributed by atoms with Gasteiger partial charge in [-0.15, -0.1) is 0 Å². The number of likely N-dealkylation sites (tertiary alicyclic amines) is 1. The fourth-order valence-corrected chi connectivity index (χ4v) is 2.41. The summed E-state index contributed by atoms with van der Waals surface area (Å²) in [5.41, 5.74) is 0.604. The van der Waals surface area contributed by atoms with Gasteiger partial charge in [-0.25, -0.2) is 4.79 Å². The zero-order valence-corrected chi connectivity index (χ0v) is 11.6. The Kier molecular flexibility index (Phi) is 3.81. The molecule has 18 heavy (non-hydrogen) atoms. The molecule has 98 valence electrons. The van der Waals surface area contributed by atoms with Crippen molar-refractivity contribution in [2.24, 2.45) is 0 Å². The summed E-state index contributed by atoms with van der Waals surface area (Å²) in [6.07, 6.45) is 2.20. The van der Waals surface area contributed by atoms with Gasteiger partial charge in [-0.05, 0) is 44.4 Å². The summed E-state index contributed by atoms with van der Waals surface area (Å²) in [6, 6.07) is 7.63. The lowest BCUT2D eigenvalue weighted by molar-refractivity contribution is 0.197. The van der Waals surface area contributed by atoms with Gasteiger partial charge in [0.1, 0.15) is 0 Å². The number of amides is 2. The summed E-state index contributed by atoms with van der Waals surface area (Å²) in [5, 5.41) is 3.76. The minimum absolute atomic E-state index is 0.0116. The first-order chi connectivity index (χ1) is 8.49. The predicted molar refractivity (Wildman–Crippen MR) is 73.8 cm³/mol. The van der Waals surface area contributed by atoms with Crippen molar-refractivity contribution in [1.82, 2.24) is 10.2 Å². The molecule has 2 amide bonds. The van der Waals surface area contributed by atoms with Crippen LogP contribution in [-0.2, 0) is 5.54 Å². The second-order valence-corrected chi connectivity index (χ2v) is 5.70. The Hall–Kier alpha value is -1.22. The first-order valence-corrected chi connectivity index (χ1v) is 6.70. The minimum Gasteiger partial charge on any atom is -0.329 e. The molecule has 1 heterocycles. The number of urea groups is 1. The number of benzene rings is 1. The fourth-order valence-electron chi connectivity index (χ4n) is 2.22. The lowest BCUT2D eigenvalue weighted by Crippen LogP contribution is -2.47. The Labute approximate surface area is 113 Å². The standard InChI is InChI=1S/C14H19ClN2O/c1-14(2,11-6-5-7-12(15)10-11)16-13(18)17-8-3-4-9-17/h5-7,10H,3-4,8-9H2,1-2H3,(H,16,18). The first-order valence-electron chi connectivity index (χ1n) is 6.32. The maximum absolute atomic E-state index is 12.1. The molecule has 1 aromatic rings. The largest absolute Gasteiger partial charge is 0.329 e. The zero-order valence-electron chi connectivity index (χ0n) is 10.9. The molecule has 1 fully saturated rings. The van der Waals surface area contributed by atoms with E-state index in [4.69, 9.17) is 11.6 Å². The van der Waals surface area contributed by atoms with Gasteiger partial charge in [-0.1, -0.05) is 23.7 Å². The van der Waals surface area contributed by atoms with Gasteiger partial charge in [0.05, 0.1) is 5.54 Å². The van der Waals surface area contributed by atoms with E-state index in [1.807, 2.05) is 43.0 Å². The Morgan fingerprint density at radius 2 is 2.00 bits per heavy atom. The van der Waals surface area contributed by atoms with Crippen LogP contribution in [0.25, 0.3) is 0 Å². The van der Waals surface area contributed by atoms with E-state index in [1.54, 1.807) is 0 Å². The van der Waals surface area contributed by atoms with Crippen molar-refractivity contribution in [3.8, 4) is 0 Å². The Balaban J connectivity index is 2.08. The van der Waals surface area contributed by atoms with Crippen LogP contribution < -0.4 is 5.32 Å². The minimum atomic E-state index is -0.412. The highest BCUT2D eigenvalue weighted by Gasteiger charge is 2.26. The summed E-state index contributed by atoms with van der Waals surface area (Å²) in [7, 11) is 0. The molecule has 4 heteroatoms. The summed E-state index contributed by atoms with van der Waals surface area (Å²) < 4.78 is 0. The molecule has 1 saturated heterocycles. The van der Waals surface area contributed by atoms with Crippen LogP contribution in [0.5, 0.6) is 0 Å². The molecule has 1 aliphatic heterocycles. The quantitative estimate of drug-likeness (QED) is 0.874. The van der Waals surface area contributed by atoms with Crippen LogP contribution in [0.2, 0.25) is 5.02 Å². The molecule has 1 aromatic carbocycles. The molecule has 3 nitrogen and oxygen atoms in total. The molecule has 0 spiro atoms. The summed E-state index contributed by atoms with van der Waals surface area (Å²) in [5.74, 6) is 0. The first kappa shape index (κ1) is 13.2. The molecule has 0 saturated carbocycles. The normalized spacial score (nSPS) is 15.8. The number of nitrogens with one attached hydrogen (secondary N) is 1. The molecule has 2 rings (SSSR count). The van der Waals surface area contributed by atoms with Gasteiger partial charge < -0.3 is 10.2 Å². The van der Waals surface area contributed by atoms with Crippen molar-refractivity contribution in [3.05, 3.63) is 34.9 Å². The van der Waals surface area contributed by atoms with Crippen molar-refractivity contribution < 1.29 is 4.79 Å². The highest BCUT2D eigenvalue weighted by atomic mass is 35.5. The average Bonchev–Trinajstić information content (AvgIpc) is 2.82. The number of hydrogen-bond donors (Lipinski definition) is 1. The summed E-state index contributed by atoms with van der Waals surface area (Å²) in [4.78, 5) is 14.0. The van der Waals surface area contributed by atoms with E-state index >= 15 is 0 Å². The maximum Gasteiger partial charge on any atom is 0.318 e. The number of halogens is 1. The SMILES string of the molecule is CC(C)(NC(=O)N1CCCC1)c1cccc(Cl)c1. The van der Waals surface area contributed by atoms with Crippen molar-refractivity contribution in [1.29, 1.82) is 0 Å². The lowest BCUT2D eigenvalue weighted by Gasteiger charge is -2.29. The fraction of sp³-hybridized carbons (Fsp3) is 0.500. The smallest absolute Gasteiger partial charge is 0.318 e. The van der Waals surface area contributed by atoms with Gasteiger partial charge in [0.25, 0.3) is 0 Å². The Bertz CT molecular complexity index is 439. The molecule has 0 aromatic heterocycles. The van der Waals surface area contributed by atoms with Crippen LogP contribution in [0.3, 0.4) is 0 Å². The number of carbonyl (C=O) groups excluding carboxylic acids is 1. The molecule has 0 atom stereocenters. The van der Waals surface area contributed by atoms with Crippen LogP contribution in [0, 0.1) is 0 Å². The van der Waals surface area contributed by atoms with Gasteiger partial charge in [0.15, 0.2) is 0 Å². The topological polar surface area (TPSA) is 32.3 Å². The third-order valence-electron chi connectivity index (χ3n) is 3.36. The molecule has 1 aliphatic rings. The van der Waals surface area contributed by atoms with E-state index in [9.17, 15) is 4.79 Å². The van der Waals surface area contributed by atoms with Gasteiger partial charge in [0.2, 0.25) is 0 Å². The van der Waals surface area contributed by atoms with Gasteiger partial charge in [-0.2, -0.15) is 0 Å². The molecule has 0 aliphatic carbocycles. The van der Waals surface area contributed by atoms with Crippen molar-refractivity contribution in [2.75, 3.05) is 13.1 Å². The van der Waals surface area contributed by atoms with Crippen molar-refractivity contribution >= 4 is 17.6 Å². The van der Waals surface area contributed by atoms with Crippen LogP contribution in [0.4, 0.5) is 4.79 Å². The second-order valence-electron chi connectivity index (χ2n) is 5.26. The molecule has 1 N–H and O–H groups in total. The summed E-state index contributed by atoms with van der Waals surface area (Å²) in [6.45, 7) is 5.70. The Morgan fingerprint density at radius 1 is 1.33 bits per heavy atom. The number of rotatable bonds is 2. The third-order valence-corrected chi connectivity index (χ3v) is 3.59. The number of carbonyl (C=O) groups is 1.